The lowest BCUT2D eigenvalue weighted by molar-refractivity contribution is -0.159. The molecule has 29 heavy (non-hydrogen) atoms. The molecule has 1 fully saturated rings. The van der Waals surface area contributed by atoms with Crippen molar-refractivity contribution in [1.29, 1.82) is 0 Å². The number of benzene rings is 1. The van der Waals surface area contributed by atoms with Crippen molar-refractivity contribution < 1.29 is 19.1 Å². The number of carbonyl (C=O) groups excluding carboxylic acids is 2. The van der Waals surface area contributed by atoms with Crippen LogP contribution in [0.25, 0.3) is 0 Å². The maximum atomic E-state index is 12.4. The quantitative estimate of drug-likeness (QED) is 0.164. The zero-order chi connectivity index (χ0) is 22.0. The normalized spacial score (nSPS) is 19.0. The minimum atomic E-state index is -0.349. The molecule has 0 aliphatic carbocycles. The van der Waals surface area contributed by atoms with Gasteiger partial charge in [-0.15, -0.1) is 0 Å². The van der Waals surface area contributed by atoms with Gasteiger partial charge in [-0.3, -0.25) is 9.69 Å². The molecule has 0 unspecified atom stereocenters. The summed E-state index contributed by atoms with van der Waals surface area (Å²) in [5, 5.41) is 0. The molecular formula is C21H28I3NO4. The van der Waals surface area contributed by atoms with Gasteiger partial charge in [-0.1, -0.05) is 0 Å². The van der Waals surface area contributed by atoms with Gasteiger partial charge in [0, 0.05) is 41.1 Å². The predicted octanol–water partition coefficient (Wildman–Crippen LogP) is 5.63. The fourth-order valence-electron chi connectivity index (χ4n) is 3.77. The van der Waals surface area contributed by atoms with Crippen LogP contribution in [0, 0.1) is 10.7 Å². The van der Waals surface area contributed by atoms with Crippen molar-refractivity contribution >= 4 is 79.7 Å². The largest absolute Gasteiger partial charge is 0.462 e. The van der Waals surface area contributed by atoms with Gasteiger partial charge in [0.25, 0.3) is 0 Å². The Balaban J connectivity index is 1.80. The van der Waals surface area contributed by atoms with Crippen molar-refractivity contribution in [3.63, 3.8) is 0 Å². The molecule has 0 radical (unpaired) electrons. The van der Waals surface area contributed by atoms with E-state index in [9.17, 15) is 9.59 Å². The van der Waals surface area contributed by atoms with Crippen LogP contribution in [0.3, 0.4) is 0 Å². The smallest absolute Gasteiger partial charge is 0.339 e. The van der Waals surface area contributed by atoms with E-state index >= 15 is 0 Å². The number of ether oxygens (including phenoxy) is 2. The standard InChI is InChI=1S/C21H28I3NO4/c1-20(2)11-14(12-21(3,4)25(20)5)29-17(26)7-6-8-28-19(27)15-9-13(22)10-16(23)18(15)24/h9-10,14H,6-8,11-12H2,1-5H3. The van der Waals surface area contributed by atoms with Gasteiger partial charge >= 0.3 is 11.9 Å². The van der Waals surface area contributed by atoms with Crippen LogP contribution in [0.4, 0.5) is 0 Å². The Hall–Kier alpha value is 0.310. The number of hydrogen-bond acceptors (Lipinski definition) is 5. The van der Waals surface area contributed by atoms with Crippen LogP contribution in [-0.2, 0) is 14.3 Å². The molecule has 1 aromatic rings. The average molecular weight is 739 g/mol. The van der Waals surface area contributed by atoms with Crippen LogP contribution in [0.15, 0.2) is 12.1 Å². The van der Waals surface area contributed by atoms with E-state index in [2.05, 4.69) is 107 Å². The number of nitrogens with zero attached hydrogens (tertiary/aromatic N) is 1. The Morgan fingerprint density at radius 2 is 1.69 bits per heavy atom. The lowest BCUT2D eigenvalue weighted by atomic mass is 9.79. The molecule has 162 valence electrons. The summed E-state index contributed by atoms with van der Waals surface area (Å²) in [6.45, 7) is 8.93. The van der Waals surface area contributed by atoms with E-state index in [-0.39, 0.29) is 42.1 Å². The third-order valence-corrected chi connectivity index (χ3v) is 9.21. The van der Waals surface area contributed by atoms with E-state index in [0.717, 1.165) is 23.6 Å². The van der Waals surface area contributed by atoms with Gasteiger partial charge in [0.2, 0.25) is 0 Å². The lowest BCUT2D eigenvalue weighted by Gasteiger charge is -2.53. The molecule has 1 aliphatic heterocycles. The third kappa shape index (κ3) is 6.90. The summed E-state index contributed by atoms with van der Waals surface area (Å²) in [5.41, 5.74) is 0.522. The number of likely N-dealkylation sites (tertiary alicyclic amines) is 1. The van der Waals surface area contributed by atoms with E-state index in [1.807, 2.05) is 12.1 Å². The molecule has 5 nitrogen and oxygen atoms in total. The van der Waals surface area contributed by atoms with Gasteiger partial charge in [0.05, 0.1) is 12.2 Å². The first-order valence-electron chi connectivity index (χ1n) is 9.58. The number of rotatable bonds is 6. The minimum absolute atomic E-state index is 0.0237. The van der Waals surface area contributed by atoms with Crippen LogP contribution in [0.5, 0.6) is 0 Å². The van der Waals surface area contributed by atoms with Crippen LogP contribution < -0.4 is 0 Å². The molecule has 0 amide bonds. The second-order valence-electron chi connectivity index (χ2n) is 8.69. The average Bonchev–Trinajstić information content (AvgIpc) is 2.59. The van der Waals surface area contributed by atoms with E-state index in [1.165, 1.54) is 0 Å². The Labute approximate surface area is 214 Å². The maximum absolute atomic E-state index is 12.4. The summed E-state index contributed by atoms with van der Waals surface area (Å²) in [5.74, 6) is -0.571. The molecule has 0 aromatic heterocycles. The summed E-state index contributed by atoms with van der Waals surface area (Å²) in [4.78, 5) is 27.0. The highest BCUT2D eigenvalue weighted by molar-refractivity contribution is 14.1. The fraction of sp³-hybridized carbons (Fsp3) is 0.619. The highest BCUT2D eigenvalue weighted by Gasteiger charge is 2.44. The molecule has 1 heterocycles. The number of hydrogen-bond donors (Lipinski definition) is 0. The molecule has 0 atom stereocenters. The summed E-state index contributed by atoms with van der Waals surface area (Å²) in [7, 11) is 2.13. The Morgan fingerprint density at radius 3 is 2.28 bits per heavy atom. The summed E-state index contributed by atoms with van der Waals surface area (Å²) < 4.78 is 14.0. The van der Waals surface area contributed by atoms with Crippen molar-refractivity contribution in [2.75, 3.05) is 13.7 Å². The van der Waals surface area contributed by atoms with Crippen molar-refractivity contribution in [1.82, 2.24) is 4.90 Å². The number of carbonyl (C=O) groups is 2. The second kappa shape index (κ2) is 10.3. The molecule has 1 saturated heterocycles. The Bertz CT molecular complexity index is 761. The minimum Gasteiger partial charge on any atom is -0.462 e. The molecule has 2 rings (SSSR count). The molecule has 0 saturated carbocycles. The van der Waals surface area contributed by atoms with Gasteiger partial charge in [-0.05, 0) is 121 Å². The molecule has 0 N–H and O–H groups in total. The lowest BCUT2D eigenvalue weighted by Crippen LogP contribution is -2.60. The molecule has 0 spiro atoms. The van der Waals surface area contributed by atoms with E-state index in [4.69, 9.17) is 9.47 Å². The van der Waals surface area contributed by atoms with Crippen LogP contribution in [0.1, 0.15) is 63.7 Å². The molecular weight excluding hydrogens is 711 g/mol. The summed E-state index contributed by atoms with van der Waals surface area (Å²) in [6.07, 6.45) is 2.26. The SMILES string of the molecule is CN1C(C)(C)CC(OC(=O)CCCOC(=O)c2cc(I)cc(I)c2I)CC1(C)C. The number of esters is 2. The summed E-state index contributed by atoms with van der Waals surface area (Å²) >= 11 is 6.55. The topological polar surface area (TPSA) is 55.8 Å². The molecule has 8 heteroatoms. The molecule has 0 bridgehead atoms. The fourth-order valence-corrected chi connectivity index (χ4v) is 6.15. The maximum Gasteiger partial charge on any atom is 0.339 e. The van der Waals surface area contributed by atoms with Gasteiger partial charge in [0.1, 0.15) is 6.10 Å². The van der Waals surface area contributed by atoms with Gasteiger partial charge < -0.3 is 9.47 Å². The Kier molecular flexibility index (Phi) is 9.07. The highest BCUT2D eigenvalue weighted by Crippen LogP contribution is 2.38. The molecule has 1 aliphatic rings. The predicted molar refractivity (Wildman–Crippen MR) is 139 cm³/mol. The zero-order valence-corrected chi connectivity index (χ0v) is 24.0. The second-order valence-corrected chi connectivity index (χ2v) is 12.2. The highest BCUT2D eigenvalue weighted by atomic mass is 127. The first kappa shape index (κ1) is 25.6. The van der Waals surface area contributed by atoms with Gasteiger partial charge in [-0.25, -0.2) is 4.79 Å². The van der Waals surface area contributed by atoms with E-state index in [0.29, 0.717) is 12.0 Å². The van der Waals surface area contributed by atoms with Crippen molar-refractivity contribution in [3.8, 4) is 0 Å². The third-order valence-electron chi connectivity index (χ3n) is 5.54. The van der Waals surface area contributed by atoms with Crippen LogP contribution >= 0.6 is 67.8 Å². The van der Waals surface area contributed by atoms with Crippen LogP contribution in [0.2, 0.25) is 0 Å². The Morgan fingerprint density at radius 1 is 1.10 bits per heavy atom. The summed E-state index contributed by atoms with van der Waals surface area (Å²) in [6, 6.07) is 3.84. The van der Waals surface area contributed by atoms with Crippen LogP contribution in [-0.4, -0.2) is 47.7 Å². The number of piperidine rings is 1. The van der Waals surface area contributed by atoms with Crippen molar-refractivity contribution in [2.24, 2.45) is 0 Å². The first-order valence-corrected chi connectivity index (χ1v) is 12.8. The zero-order valence-electron chi connectivity index (χ0n) is 17.5. The number of halogens is 3. The van der Waals surface area contributed by atoms with Crippen molar-refractivity contribution in [2.45, 2.75) is 70.6 Å². The monoisotopic (exact) mass is 739 g/mol. The van der Waals surface area contributed by atoms with Crippen molar-refractivity contribution in [3.05, 3.63) is 28.4 Å². The van der Waals surface area contributed by atoms with E-state index < -0.39 is 0 Å². The van der Waals surface area contributed by atoms with Gasteiger partial charge in [0.15, 0.2) is 0 Å². The van der Waals surface area contributed by atoms with E-state index in [1.54, 1.807) is 0 Å². The molecule has 1 aromatic carbocycles. The van der Waals surface area contributed by atoms with Gasteiger partial charge in [-0.2, -0.15) is 0 Å². The first-order chi connectivity index (χ1) is 13.3.